The molecular formula is C13H19NO3. The fourth-order valence-corrected chi connectivity index (χ4v) is 1.64. The molecule has 0 aliphatic rings. The molecule has 0 aliphatic carbocycles. The molecule has 0 amide bonds. The number of nitrogens with two attached hydrogens (primary N) is 1. The Morgan fingerprint density at radius 2 is 1.94 bits per heavy atom. The largest absolute Gasteiger partial charge is 0.493 e. The van der Waals surface area contributed by atoms with E-state index < -0.39 is 0 Å². The van der Waals surface area contributed by atoms with Crippen LogP contribution in [0.5, 0.6) is 11.5 Å². The molecule has 17 heavy (non-hydrogen) atoms. The number of ether oxygens (including phenoxy) is 2. The third-order valence-electron chi connectivity index (χ3n) is 2.65. The van der Waals surface area contributed by atoms with Gasteiger partial charge in [0.2, 0.25) is 0 Å². The summed E-state index contributed by atoms with van der Waals surface area (Å²) < 4.78 is 10.5. The lowest BCUT2D eigenvalue weighted by Gasteiger charge is -2.15. The molecule has 0 fully saturated rings. The van der Waals surface area contributed by atoms with Crippen molar-refractivity contribution in [1.29, 1.82) is 0 Å². The number of carbonyl (C=O) groups is 1. The van der Waals surface area contributed by atoms with E-state index in [0.29, 0.717) is 23.0 Å². The number of hydrogen-bond donors (Lipinski definition) is 1. The highest BCUT2D eigenvalue weighted by Gasteiger charge is 2.18. The monoisotopic (exact) mass is 237 g/mol. The molecule has 4 heteroatoms. The summed E-state index contributed by atoms with van der Waals surface area (Å²) in [6, 6.07) is 3.71. The summed E-state index contributed by atoms with van der Waals surface area (Å²) in [6.07, 6.45) is 0. The van der Waals surface area contributed by atoms with Crippen LogP contribution in [0, 0.1) is 0 Å². The standard InChI is InChI=1S/C13H19NO3/c1-8(2)9-5-10(11(15)7-14)13(17-4)12(6-9)16-3/h5-6,8H,7,14H2,1-4H3. The van der Waals surface area contributed by atoms with E-state index in [0.717, 1.165) is 5.56 Å². The van der Waals surface area contributed by atoms with Gasteiger partial charge in [0.05, 0.1) is 26.3 Å². The smallest absolute Gasteiger partial charge is 0.180 e. The minimum absolute atomic E-state index is 0.0406. The summed E-state index contributed by atoms with van der Waals surface area (Å²) in [5.41, 5.74) is 6.91. The number of methoxy groups -OCH3 is 2. The molecule has 4 nitrogen and oxygen atoms in total. The number of hydrogen-bond acceptors (Lipinski definition) is 4. The molecule has 0 spiro atoms. The van der Waals surface area contributed by atoms with E-state index in [1.165, 1.54) is 7.11 Å². The van der Waals surface area contributed by atoms with Gasteiger partial charge in [-0.3, -0.25) is 4.79 Å². The predicted octanol–water partition coefficient (Wildman–Crippen LogP) is 1.97. The Hall–Kier alpha value is -1.55. The number of rotatable bonds is 5. The van der Waals surface area contributed by atoms with Crippen LogP contribution in [0.2, 0.25) is 0 Å². The number of benzene rings is 1. The lowest BCUT2D eigenvalue weighted by atomic mass is 9.97. The molecule has 1 aromatic carbocycles. The van der Waals surface area contributed by atoms with Crippen molar-refractivity contribution in [3.63, 3.8) is 0 Å². The first kappa shape index (κ1) is 13.5. The van der Waals surface area contributed by atoms with Crippen LogP contribution in [0.4, 0.5) is 0 Å². The van der Waals surface area contributed by atoms with Crippen LogP contribution < -0.4 is 15.2 Å². The van der Waals surface area contributed by atoms with Crippen LogP contribution in [-0.4, -0.2) is 26.5 Å². The molecule has 0 atom stereocenters. The second-order valence-electron chi connectivity index (χ2n) is 4.09. The average Bonchev–Trinajstić information content (AvgIpc) is 2.35. The van der Waals surface area contributed by atoms with Crippen LogP contribution in [0.3, 0.4) is 0 Å². The Labute approximate surface area is 102 Å². The Morgan fingerprint density at radius 1 is 1.29 bits per heavy atom. The van der Waals surface area contributed by atoms with Crippen LogP contribution >= 0.6 is 0 Å². The minimum atomic E-state index is -0.150. The maximum Gasteiger partial charge on any atom is 0.180 e. The van der Waals surface area contributed by atoms with Crippen LogP contribution in [-0.2, 0) is 0 Å². The molecule has 1 aromatic rings. The highest BCUT2D eigenvalue weighted by molar-refractivity contribution is 6.01. The minimum Gasteiger partial charge on any atom is -0.493 e. The maximum atomic E-state index is 11.8. The molecule has 0 radical (unpaired) electrons. The van der Waals surface area contributed by atoms with Crippen molar-refractivity contribution < 1.29 is 14.3 Å². The zero-order chi connectivity index (χ0) is 13.0. The summed E-state index contributed by atoms with van der Waals surface area (Å²) >= 11 is 0. The van der Waals surface area contributed by atoms with E-state index in [1.54, 1.807) is 7.11 Å². The second-order valence-corrected chi connectivity index (χ2v) is 4.09. The lowest BCUT2D eigenvalue weighted by Crippen LogP contribution is -2.15. The van der Waals surface area contributed by atoms with Crippen molar-refractivity contribution in [3.8, 4) is 11.5 Å². The number of ketones is 1. The van der Waals surface area contributed by atoms with Gasteiger partial charge in [-0.2, -0.15) is 0 Å². The van der Waals surface area contributed by atoms with Crippen molar-refractivity contribution in [2.24, 2.45) is 5.73 Å². The van der Waals surface area contributed by atoms with Crippen LogP contribution in [0.25, 0.3) is 0 Å². The van der Waals surface area contributed by atoms with Crippen molar-refractivity contribution in [2.45, 2.75) is 19.8 Å². The Bertz CT molecular complexity index is 413. The first-order chi connectivity index (χ1) is 8.04. The molecule has 2 N–H and O–H groups in total. The molecule has 0 saturated heterocycles. The molecule has 0 saturated carbocycles. The summed E-state index contributed by atoms with van der Waals surface area (Å²) in [5, 5.41) is 0. The van der Waals surface area contributed by atoms with Gasteiger partial charge < -0.3 is 15.2 Å². The number of Topliss-reactive ketones (excluding diaryl/α,β-unsaturated/α-hetero) is 1. The summed E-state index contributed by atoms with van der Waals surface area (Å²) in [4.78, 5) is 11.8. The topological polar surface area (TPSA) is 61.5 Å². The maximum absolute atomic E-state index is 11.8. The van der Waals surface area contributed by atoms with Gasteiger partial charge >= 0.3 is 0 Å². The van der Waals surface area contributed by atoms with Gasteiger partial charge in [0.1, 0.15) is 0 Å². The Morgan fingerprint density at radius 3 is 2.35 bits per heavy atom. The SMILES string of the molecule is COc1cc(C(C)C)cc(C(=O)CN)c1OC. The van der Waals surface area contributed by atoms with Gasteiger partial charge in [0, 0.05) is 0 Å². The van der Waals surface area contributed by atoms with Crippen molar-refractivity contribution in [1.82, 2.24) is 0 Å². The highest BCUT2D eigenvalue weighted by atomic mass is 16.5. The predicted molar refractivity (Wildman–Crippen MR) is 67.0 cm³/mol. The van der Waals surface area contributed by atoms with Crippen molar-refractivity contribution in [2.75, 3.05) is 20.8 Å². The quantitative estimate of drug-likeness (QED) is 0.795. The molecule has 0 aliphatic heterocycles. The van der Waals surface area contributed by atoms with Gasteiger partial charge in [-0.15, -0.1) is 0 Å². The van der Waals surface area contributed by atoms with E-state index >= 15 is 0 Å². The van der Waals surface area contributed by atoms with Crippen molar-refractivity contribution in [3.05, 3.63) is 23.3 Å². The first-order valence-corrected chi connectivity index (χ1v) is 5.54. The molecule has 0 heterocycles. The number of carbonyl (C=O) groups excluding carboxylic acids is 1. The van der Waals surface area contributed by atoms with Gasteiger partial charge in [-0.1, -0.05) is 13.8 Å². The third-order valence-corrected chi connectivity index (χ3v) is 2.65. The zero-order valence-electron chi connectivity index (χ0n) is 10.7. The summed E-state index contributed by atoms with van der Waals surface area (Å²) in [5.74, 6) is 1.17. The molecular weight excluding hydrogens is 218 g/mol. The third kappa shape index (κ3) is 2.77. The second kappa shape index (κ2) is 5.68. The van der Waals surface area contributed by atoms with E-state index in [4.69, 9.17) is 15.2 Å². The fourth-order valence-electron chi connectivity index (χ4n) is 1.64. The summed E-state index contributed by atoms with van der Waals surface area (Å²) in [7, 11) is 3.07. The Kier molecular flexibility index (Phi) is 4.52. The fraction of sp³-hybridized carbons (Fsp3) is 0.462. The lowest BCUT2D eigenvalue weighted by molar-refractivity contribution is 0.0997. The van der Waals surface area contributed by atoms with E-state index in [-0.39, 0.29) is 12.3 Å². The van der Waals surface area contributed by atoms with Crippen molar-refractivity contribution >= 4 is 5.78 Å². The first-order valence-electron chi connectivity index (χ1n) is 5.54. The van der Waals surface area contributed by atoms with E-state index in [1.807, 2.05) is 12.1 Å². The Balaban J connectivity index is 3.42. The summed E-state index contributed by atoms with van der Waals surface area (Å²) in [6.45, 7) is 4.07. The molecule has 0 bridgehead atoms. The van der Waals surface area contributed by atoms with Gasteiger partial charge in [0.15, 0.2) is 17.3 Å². The molecule has 0 unspecified atom stereocenters. The van der Waals surface area contributed by atoms with Gasteiger partial charge in [-0.05, 0) is 23.6 Å². The normalized spacial score (nSPS) is 10.5. The molecule has 94 valence electrons. The highest BCUT2D eigenvalue weighted by Crippen LogP contribution is 2.35. The molecule has 0 aromatic heterocycles. The van der Waals surface area contributed by atoms with E-state index in [9.17, 15) is 4.79 Å². The zero-order valence-corrected chi connectivity index (χ0v) is 10.7. The van der Waals surface area contributed by atoms with Crippen LogP contribution in [0.1, 0.15) is 35.7 Å². The van der Waals surface area contributed by atoms with E-state index in [2.05, 4.69) is 13.8 Å². The van der Waals surface area contributed by atoms with Gasteiger partial charge in [-0.25, -0.2) is 0 Å². The van der Waals surface area contributed by atoms with Crippen LogP contribution in [0.15, 0.2) is 12.1 Å². The average molecular weight is 237 g/mol. The van der Waals surface area contributed by atoms with Gasteiger partial charge in [0.25, 0.3) is 0 Å². The molecule has 1 rings (SSSR count).